The fraction of sp³-hybridized carbons (Fsp3) is 0.167. The Hall–Kier alpha value is -1.70. The van der Waals surface area contributed by atoms with Gasteiger partial charge in [0.25, 0.3) is 0 Å². The Morgan fingerprint density at radius 2 is 2.07 bits per heavy atom. The fourth-order valence-corrected chi connectivity index (χ4v) is 1.36. The summed E-state index contributed by atoms with van der Waals surface area (Å²) in [7, 11) is 1.89. The molecule has 74 valence electrons. The number of nitrogens with two attached hydrogens (primary N) is 1. The molecule has 0 amide bonds. The summed E-state index contributed by atoms with van der Waals surface area (Å²) in [5.74, 6) is 0. The van der Waals surface area contributed by atoms with Crippen molar-refractivity contribution < 1.29 is 0 Å². The Balaban J connectivity index is 3.30. The third kappa shape index (κ3) is 1.96. The first-order chi connectivity index (χ1) is 6.72. The SMILES string of the molecule is C=Cc1cc(NC)c(/C=C/C)cc1N. The van der Waals surface area contributed by atoms with Gasteiger partial charge in [0.2, 0.25) is 0 Å². The summed E-state index contributed by atoms with van der Waals surface area (Å²) in [6, 6.07) is 3.94. The second kappa shape index (κ2) is 4.51. The van der Waals surface area contributed by atoms with Crippen LogP contribution in [0.25, 0.3) is 12.2 Å². The molecule has 0 atom stereocenters. The van der Waals surface area contributed by atoms with Crippen LogP contribution in [0.2, 0.25) is 0 Å². The molecular formula is C12H16N2. The number of benzene rings is 1. The Morgan fingerprint density at radius 1 is 1.36 bits per heavy atom. The first kappa shape index (κ1) is 10.4. The topological polar surface area (TPSA) is 38.0 Å². The van der Waals surface area contributed by atoms with Gasteiger partial charge in [0.15, 0.2) is 0 Å². The van der Waals surface area contributed by atoms with Crippen LogP contribution in [0.5, 0.6) is 0 Å². The van der Waals surface area contributed by atoms with E-state index >= 15 is 0 Å². The number of rotatable bonds is 3. The van der Waals surface area contributed by atoms with Crippen molar-refractivity contribution in [2.24, 2.45) is 0 Å². The second-order valence-electron chi connectivity index (χ2n) is 3.02. The van der Waals surface area contributed by atoms with E-state index in [4.69, 9.17) is 5.73 Å². The van der Waals surface area contributed by atoms with Crippen LogP contribution in [-0.4, -0.2) is 7.05 Å². The summed E-state index contributed by atoms with van der Waals surface area (Å²) < 4.78 is 0. The van der Waals surface area contributed by atoms with Gasteiger partial charge < -0.3 is 11.1 Å². The Morgan fingerprint density at radius 3 is 2.57 bits per heavy atom. The molecule has 0 saturated carbocycles. The molecule has 0 spiro atoms. The van der Waals surface area contributed by atoms with Crippen LogP contribution in [-0.2, 0) is 0 Å². The highest BCUT2D eigenvalue weighted by atomic mass is 14.8. The third-order valence-corrected chi connectivity index (χ3v) is 2.09. The molecule has 0 saturated heterocycles. The normalized spacial score (nSPS) is 10.4. The summed E-state index contributed by atoms with van der Waals surface area (Å²) in [5.41, 5.74) is 9.73. The van der Waals surface area contributed by atoms with Crippen molar-refractivity contribution in [2.45, 2.75) is 6.92 Å². The number of hydrogen-bond acceptors (Lipinski definition) is 2. The lowest BCUT2D eigenvalue weighted by molar-refractivity contribution is 1.48. The predicted molar refractivity (Wildman–Crippen MR) is 65.2 cm³/mol. The van der Waals surface area contributed by atoms with Gasteiger partial charge in [0.1, 0.15) is 0 Å². The lowest BCUT2D eigenvalue weighted by atomic mass is 10.1. The monoisotopic (exact) mass is 188 g/mol. The first-order valence-corrected chi connectivity index (χ1v) is 4.59. The van der Waals surface area contributed by atoms with E-state index < -0.39 is 0 Å². The lowest BCUT2D eigenvalue weighted by Gasteiger charge is -2.09. The predicted octanol–water partition coefficient (Wildman–Crippen LogP) is 2.99. The molecule has 1 rings (SSSR count). The van der Waals surface area contributed by atoms with E-state index in [2.05, 4.69) is 11.9 Å². The van der Waals surface area contributed by atoms with E-state index in [1.54, 1.807) is 6.08 Å². The molecule has 0 aromatic heterocycles. The van der Waals surface area contributed by atoms with Crippen LogP contribution < -0.4 is 11.1 Å². The smallest absolute Gasteiger partial charge is 0.0418 e. The molecule has 0 aliphatic carbocycles. The number of anilines is 2. The summed E-state index contributed by atoms with van der Waals surface area (Å²) in [5, 5.41) is 3.13. The van der Waals surface area contributed by atoms with Gasteiger partial charge in [-0.05, 0) is 30.2 Å². The molecule has 0 bridgehead atoms. The maximum Gasteiger partial charge on any atom is 0.0418 e. The minimum Gasteiger partial charge on any atom is -0.398 e. The zero-order valence-electron chi connectivity index (χ0n) is 8.67. The maximum atomic E-state index is 5.85. The van der Waals surface area contributed by atoms with E-state index in [0.29, 0.717) is 0 Å². The molecule has 0 radical (unpaired) electrons. The molecule has 0 aliphatic rings. The quantitative estimate of drug-likeness (QED) is 0.716. The van der Waals surface area contributed by atoms with Crippen LogP contribution in [0.15, 0.2) is 24.8 Å². The molecule has 0 fully saturated rings. The van der Waals surface area contributed by atoms with E-state index in [1.165, 1.54) is 0 Å². The van der Waals surface area contributed by atoms with Crippen LogP contribution in [0.1, 0.15) is 18.1 Å². The first-order valence-electron chi connectivity index (χ1n) is 4.59. The number of hydrogen-bond donors (Lipinski definition) is 2. The van der Waals surface area contributed by atoms with E-state index in [9.17, 15) is 0 Å². The number of nitrogens with one attached hydrogen (secondary N) is 1. The van der Waals surface area contributed by atoms with Gasteiger partial charge in [-0.25, -0.2) is 0 Å². The van der Waals surface area contributed by atoms with Crippen LogP contribution in [0, 0.1) is 0 Å². The fourth-order valence-electron chi connectivity index (χ4n) is 1.36. The largest absolute Gasteiger partial charge is 0.398 e. The van der Waals surface area contributed by atoms with Gasteiger partial charge in [-0.3, -0.25) is 0 Å². The third-order valence-electron chi connectivity index (χ3n) is 2.09. The van der Waals surface area contributed by atoms with Crippen molar-refractivity contribution in [3.05, 3.63) is 35.9 Å². The molecule has 14 heavy (non-hydrogen) atoms. The number of allylic oxidation sites excluding steroid dienone is 1. The molecular weight excluding hydrogens is 172 g/mol. The van der Waals surface area contributed by atoms with Gasteiger partial charge in [-0.1, -0.05) is 24.8 Å². The van der Waals surface area contributed by atoms with Crippen LogP contribution in [0.3, 0.4) is 0 Å². The molecule has 0 heterocycles. The highest BCUT2D eigenvalue weighted by Gasteiger charge is 2.02. The van der Waals surface area contributed by atoms with Gasteiger partial charge in [-0.15, -0.1) is 0 Å². The second-order valence-corrected chi connectivity index (χ2v) is 3.02. The molecule has 3 N–H and O–H groups in total. The zero-order chi connectivity index (χ0) is 10.6. The highest BCUT2D eigenvalue weighted by Crippen LogP contribution is 2.25. The van der Waals surface area contributed by atoms with Crippen molar-refractivity contribution in [2.75, 3.05) is 18.1 Å². The minimum absolute atomic E-state index is 0.757. The summed E-state index contributed by atoms with van der Waals surface area (Å²) in [6.07, 6.45) is 5.77. The van der Waals surface area contributed by atoms with E-state index in [0.717, 1.165) is 22.5 Å². The van der Waals surface area contributed by atoms with Gasteiger partial charge in [0, 0.05) is 18.4 Å². The Kier molecular flexibility index (Phi) is 3.35. The molecule has 1 aromatic carbocycles. The number of nitrogen functional groups attached to an aromatic ring is 1. The average Bonchev–Trinajstić information content (AvgIpc) is 2.19. The minimum atomic E-state index is 0.757. The van der Waals surface area contributed by atoms with Gasteiger partial charge in [-0.2, -0.15) is 0 Å². The molecule has 0 aliphatic heterocycles. The zero-order valence-corrected chi connectivity index (χ0v) is 8.67. The Labute approximate surface area is 85.1 Å². The molecule has 2 heteroatoms. The lowest BCUT2D eigenvalue weighted by Crippen LogP contribution is -1.96. The van der Waals surface area contributed by atoms with Crippen molar-refractivity contribution in [3.8, 4) is 0 Å². The van der Waals surface area contributed by atoms with Crippen molar-refractivity contribution in [3.63, 3.8) is 0 Å². The van der Waals surface area contributed by atoms with E-state index in [1.807, 2.05) is 38.3 Å². The van der Waals surface area contributed by atoms with Crippen LogP contribution in [0.4, 0.5) is 11.4 Å². The Bertz CT molecular complexity index is 365. The molecule has 1 aromatic rings. The summed E-state index contributed by atoms with van der Waals surface area (Å²) >= 11 is 0. The maximum absolute atomic E-state index is 5.85. The summed E-state index contributed by atoms with van der Waals surface area (Å²) in [4.78, 5) is 0. The molecule has 2 nitrogen and oxygen atoms in total. The van der Waals surface area contributed by atoms with Crippen molar-refractivity contribution >= 4 is 23.5 Å². The summed E-state index contributed by atoms with van der Waals surface area (Å²) in [6.45, 7) is 5.70. The van der Waals surface area contributed by atoms with Crippen LogP contribution >= 0.6 is 0 Å². The standard InChI is InChI=1S/C12H16N2/c1-4-6-10-7-11(13)9(5-2)8-12(10)14-3/h4-8,14H,2,13H2,1,3H3/b6-4+. The molecule has 0 unspecified atom stereocenters. The van der Waals surface area contributed by atoms with E-state index in [-0.39, 0.29) is 0 Å². The van der Waals surface area contributed by atoms with Crippen molar-refractivity contribution in [1.82, 2.24) is 0 Å². The van der Waals surface area contributed by atoms with Gasteiger partial charge >= 0.3 is 0 Å². The average molecular weight is 188 g/mol. The van der Waals surface area contributed by atoms with Crippen molar-refractivity contribution in [1.29, 1.82) is 0 Å². The highest BCUT2D eigenvalue weighted by molar-refractivity contribution is 5.77. The van der Waals surface area contributed by atoms with Gasteiger partial charge in [0.05, 0.1) is 0 Å².